The molecule has 0 aliphatic rings. The van der Waals surface area contributed by atoms with Crippen LogP contribution in [-0.4, -0.2) is 29.9 Å². The molecule has 6 nitrogen and oxygen atoms in total. The van der Waals surface area contributed by atoms with Crippen molar-refractivity contribution >= 4 is 45.6 Å². The van der Waals surface area contributed by atoms with Gasteiger partial charge in [-0.15, -0.1) is 10.2 Å². The van der Waals surface area contributed by atoms with Gasteiger partial charge in [-0.1, -0.05) is 74.6 Å². The zero-order valence-corrected chi connectivity index (χ0v) is 21.5. The molecule has 2 heterocycles. The summed E-state index contributed by atoms with van der Waals surface area (Å²) in [6, 6.07) is 12.3. The van der Waals surface area contributed by atoms with Crippen LogP contribution in [0.25, 0.3) is 28.5 Å². The Morgan fingerprint density at radius 1 is 1.00 bits per heavy atom. The quantitative estimate of drug-likeness (QED) is 0.282. The fourth-order valence-electron chi connectivity index (χ4n) is 3.21. The van der Waals surface area contributed by atoms with Gasteiger partial charge >= 0.3 is 0 Å². The van der Waals surface area contributed by atoms with E-state index in [0.29, 0.717) is 48.7 Å². The number of aromatic nitrogens is 4. The summed E-state index contributed by atoms with van der Waals surface area (Å²) in [5, 5.41) is 14.6. The van der Waals surface area contributed by atoms with E-state index in [1.54, 1.807) is 35.0 Å². The Morgan fingerprint density at radius 2 is 1.67 bits per heavy atom. The first kappa shape index (κ1) is 24.0. The maximum absolute atomic E-state index is 13.3. The highest BCUT2D eigenvalue weighted by molar-refractivity contribution is 7.85. The van der Waals surface area contributed by atoms with Gasteiger partial charge < -0.3 is 4.42 Å². The van der Waals surface area contributed by atoms with E-state index >= 15 is 0 Å². The fraction of sp³-hybridized carbons (Fsp3) is 0.261. The summed E-state index contributed by atoms with van der Waals surface area (Å²) in [6.07, 6.45) is 0. The molecule has 33 heavy (non-hydrogen) atoms. The molecule has 4 rings (SSSR count). The van der Waals surface area contributed by atoms with Crippen molar-refractivity contribution in [1.82, 2.24) is 20.0 Å². The van der Waals surface area contributed by atoms with Crippen LogP contribution in [0, 0.1) is 0 Å². The van der Waals surface area contributed by atoms with Crippen molar-refractivity contribution in [3.63, 3.8) is 0 Å². The largest absolute Gasteiger partial charge is 0.419 e. The van der Waals surface area contributed by atoms with Crippen molar-refractivity contribution in [2.24, 2.45) is 0 Å². The molecule has 172 valence electrons. The summed E-state index contributed by atoms with van der Waals surface area (Å²) in [5.41, 5.74) is 1.92. The Hall–Kier alpha value is -2.19. The van der Waals surface area contributed by atoms with E-state index in [9.17, 15) is 4.21 Å². The predicted molar refractivity (Wildman–Crippen MR) is 133 cm³/mol. The summed E-state index contributed by atoms with van der Waals surface area (Å²) < 4.78 is 21.0. The minimum atomic E-state index is -1.41. The number of benzene rings is 2. The summed E-state index contributed by atoms with van der Waals surface area (Å²) in [4.78, 5) is 0.481. The lowest BCUT2D eigenvalue weighted by atomic mass is 9.97. The molecular weight excluding hydrogens is 503 g/mol. The van der Waals surface area contributed by atoms with Gasteiger partial charge in [0.15, 0.2) is 5.69 Å². The highest BCUT2D eigenvalue weighted by atomic mass is 35.5. The van der Waals surface area contributed by atoms with Crippen LogP contribution in [0.1, 0.15) is 33.6 Å². The van der Waals surface area contributed by atoms with Crippen LogP contribution in [0.5, 0.6) is 0 Å². The van der Waals surface area contributed by atoms with E-state index < -0.39 is 10.8 Å². The molecule has 0 saturated heterocycles. The van der Waals surface area contributed by atoms with Gasteiger partial charge in [-0.3, -0.25) is 4.21 Å². The molecule has 0 saturated carbocycles. The first-order chi connectivity index (χ1) is 15.6. The minimum Gasteiger partial charge on any atom is -0.419 e. The van der Waals surface area contributed by atoms with Crippen molar-refractivity contribution in [1.29, 1.82) is 0 Å². The van der Waals surface area contributed by atoms with Crippen molar-refractivity contribution in [3.05, 3.63) is 63.4 Å². The van der Waals surface area contributed by atoms with Gasteiger partial charge in [-0.25, -0.2) is 4.68 Å². The van der Waals surface area contributed by atoms with E-state index in [1.807, 2.05) is 39.8 Å². The van der Waals surface area contributed by atoms with Gasteiger partial charge in [0.2, 0.25) is 5.89 Å². The molecule has 1 atom stereocenters. The summed E-state index contributed by atoms with van der Waals surface area (Å²) in [6.45, 7) is 7.76. The Kier molecular flexibility index (Phi) is 6.69. The molecule has 10 heteroatoms. The first-order valence-electron chi connectivity index (χ1n) is 10.2. The van der Waals surface area contributed by atoms with Gasteiger partial charge in [-0.2, -0.15) is 5.10 Å². The second-order valence-electron chi connectivity index (χ2n) is 8.34. The topological polar surface area (TPSA) is 73.8 Å². The maximum Gasteiger partial charge on any atom is 0.269 e. The van der Waals surface area contributed by atoms with Gasteiger partial charge in [0.25, 0.3) is 5.89 Å². The number of rotatable bonds is 5. The molecule has 2 aromatic carbocycles. The van der Waals surface area contributed by atoms with Crippen molar-refractivity contribution in [3.8, 4) is 28.5 Å². The third-order valence-corrected chi connectivity index (χ3v) is 7.01. The summed E-state index contributed by atoms with van der Waals surface area (Å²) in [5.74, 6) is 1.02. The lowest BCUT2D eigenvalue weighted by Crippen LogP contribution is -2.11. The monoisotopic (exact) mass is 522 g/mol. The SMILES string of the molecule is CCS(=O)c1c(-c2nnc(C(C)(C)C)o2)nn(-c2ccc(Cl)cc2Cl)c1-c1ccc(Cl)cc1. The van der Waals surface area contributed by atoms with Crippen molar-refractivity contribution < 1.29 is 8.63 Å². The number of nitrogens with zero attached hydrogens (tertiary/aromatic N) is 4. The van der Waals surface area contributed by atoms with Crippen LogP contribution in [0.3, 0.4) is 0 Å². The first-order valence-corrected chi connectivity index (χ1v) is 12.6. The third-order valence-electron chi connectivity index (χ3n) is 4.86. The zero-order valence-electron chi connectivity index (χ0n) is 18.4. The van der Waals surface area contributed by atoms with Crippen LogP contribution in [0.4, 0.5) is 0 Å². The molecule has 0 spiro atoms. The molecule has 1 unspecified atom stereocenters. The Balaban J connectivity index is 2.06. The van der Waals surface area contributed by atoms with E-state index in [0.717, 1.165) is 5.56 Å². The lowest BCUT2D eigenvalue weighted by molar-refractivity contribution is 0.398. The van der Waals surface area contributed by atoms with Crippen molar-refractivity contribution in [2.75, 3.05) is 5.75 Å². The molecule has 4 aromatic rings. The standard InChI is InChI=1S/C23H21Cl3N4O2S/c1-5-33(31)20-18(21-27-28-22(32-21)23(2,3)4)29-30(17-11-10-15(25)12-16(17)26)19(20)13-6-8-14(24)9-7-13/h6-12H,5H2,1-4H3. The zero-order chi connectivity index (χ0) is 23.9. The molecular formula is C23H21Cl3N4O2S. The Bertz CT molecular complexity index is 1340. The van der Waals surface area contributed by atoms with Crippen LogP contribution in [0.15, 0.2) is 51.8 Å². The van der Waals surface area contributed by atoms with Crippen LogP contribution in [-0.2, 0) is 16.2 Å². The van der Waals surface area contributed by atoms with Gasteiger partial charge in [0.1, 0.15) is 0 Å². The van der Waals surface area contributed by atoms with E-state index in [1.165, 1.54) is 0 Å². The maximum atomic E-state index is 13.3. The highest BCUT2D eigenvalue weighted by Crippen LogP contribution is 2.39. The number of hydrogen-bond donors (Lipinski definition) is 0. The molecule has 0 radical (unpaired) electrons. The summed E-state index contributed by atoms with van der Waals surface area (Å²) in [7, 11) is -1.41. The Morgan fingerprint density at radius 3 is 2.24 bits per heavy atom. The fourth-order valence-corrected chi connectivity index (χ4v) is 4.88. The minimum absolute atomic E-state index is 0.191. The molecule has 0 aliphatic heterocycles. The average molecular weight is 524 g/mol. The lowest BCUT2D eigenvalue weighted by Gasteiger charge is -2.11. The average Bonchev–Trinajstić information content (AvgIpc) is 3.39. The van der Waals surface area contributed by atoms with E-state index in [-0.39, 0.29) is 11.3 Å². The number of halogens is 3. The second-order valence-corrected chi connectivity index (χ2v) is 11.3. The number of hydrogen-bond acceptors (Lipinski definition) is 5. The van der Waals surface area contributed by atoms with Crippen LogP contribution >= 0.6 is 34.8 Å². The smallest absolute Gasteiger partial charge is 0.269 e. The highest BCUT2D eigenvalue weighted by Gasteiger charge is 2.30. The third kappa shape index (κ3) is 4.73. The van der Waals surface area contributed by atoms with Crippen LogP contribution in [0.2, 0.25) is 15.1 Å². The second kappa shape index (κ2) is 9.22. The van der Waals surface area contributed by atoms with Gasteiger partial charge in [-0.05, 0) is 30.3 Å². The molecule has 0 fully saturated rings. The van der Waals surface area contributed by atoms with Crippen LogP contribution < -0.4 is 0 Å². The Labute approximate surface area is 209 Å². The molecule has 0 bridgehead atoms. The van der Waals surface area contributed by atoms with E-state index in [4.69, 9.17) is 44.3 Å². The van der Waals surface area contributed by atoms with Crippen molar-refractivity contribution in [2.45, 2.75) is 38.0 Å². The van der Waals surface area contributed by atoms with Gasteiger partial charge in [0, 0.05) is 26.8 Å². The molecule has 0 N–H and O–H groups in total. The molecule has 2 aromatic heterocycles. The van der Waals surface area contributed by atoms with Gasteiger partial charge in [0.05, 0.1) is 32.1 Å². The molecule has 0 amide bonds. The normalized spacial score (nSPS) is 12.8. The molecule has 0 aliphatic carbocycles. The van der Waals surface area contributed by atoms with E-state index in [2.05, 4.69) is 10.2 Å². The predicted octanol–water partition coefficient (Wildman–Crippen LogP) is 6.97. The summed E-state index contributed by atoms with van der Waals surface area (Å²) >= 11 is 18.8.